The number of hydrogen-bond donors (Lipinski definition) is 2. The van der Waals surface area contributed by atoms with Crippen LogP contribution in [0, 0.1) is 0 Å². The first kappa shape index (κ1) is 11.2. The van der Waals surface area contributed by atoms with Crippen LogP contribution in [0.3, 0.4) is 0 Å². The summed E-state index contributed by atoms with van der Waals surface area (Å²) < 4.78 is 6.76. The van der Waals surface area contributed by atoms with Crippen LogP contribution < -0.4 is 11.3 Å². The quantitative estimate of drug-likeness (QED) is 0.393. The van der Waals surface area contributed by atoms with Crippen molar-refractivity contribution in [1.29, 1.82) is 0 Å². The fraction of sp³-hybridized carbons (Fsp3) is 0.667. The van der Waals surface area contributed by atoms with Crippen molar-refractivity contribution in [2.45, 2.75) is 18.9 Å². The van der Waals surface area contributed by atoms with Crippen molar-refractivity contribution in [2.24, 2.45) is 12.9 Å². The molecule has 5 nitrogen and oxygen atoms in total. The largest absolute Gasteiger partial charge is 0.385 e. The Labute approximate surface area is 84.2 Å². The fourth-order valence-corrected chi connectivity index (χ4v) is 1.37. The van der Waals surface area contributed by atoms with Gasteiger partial charge in [0.1, 0.15) is 0 Å². The minimum Gasteiger partial charge on any atom is -0.385 e. The monoisotopic (exact) mass is 198 g/mol. The molecule has 0 saturated carbocycles. The Morgan fingerprint density at radius 3 is 3.00 bits per heavy atom. The Morgan fingerprint density at radius 1 is 1.71 bits per heavy atom. The smallest absolute Gasteiger partial charge is 0.0807 e. The number of aromatic nitrogens is 2. The molecular formula is C9H18N4O. The maximum Gasteiger partial charge on any atom is 0.0807 e. The van der Waals surface area contributed by atoms with Crippen LogP contribution in [-0.2, 0) is 11.8 Å². The molecule has 0 aromatic carbocycles. The van der Waals surface area contributed by atoms with Crippen LogP contribution in [0.2, 0.25) is 0 Å². The van der Waals surface area contributed by atoms with Gasteiger partial charge in [-0.2, -0.15) is 5.10 Å². The number of nitrogens with two attached hydrogens (primary N) is 1. The molecule has 0 aliphatic rings. The van der Waals surface area contributed by atoms with Crippen LogP contribution in [0.1, 0.15) is 24.6 Å². The summed E-state index contributed by atoms with van der Waals surface area (Å²) in [5.41, 5.74) is 3.74. The molecule has 5 heteroatoms. The van der Waals surface area contributed by atoms with E-state index < -0.39 is 0 Å². The number of ether oxygens (including phenoxy) is 1. The van der Waals surface area contributed by atoms with E-state index in [1.165, 1.54) is 0 Å². The molecule has 0 amide bonds. The summed E-state index contributed by atoms with van der Waals surface area (Å²) in [6.45, 7) is 0.755. The van der Waals surface area contributed by atoms with Crippen LogP contribution in [0.4, 0.5) is 0 Å². The number of hydrazine groups is 1. The molecule has 1 heterocycles. The first-order valence-electron chi connectivity index (χ1n) is 4.72. The summed E-state index contributed by atoms with van der Waals surface area (Å²) in [6, 6.07) is 2.09. The maximum absolute atomic E-state index is 5.46. The molecule has 0 spiro atoms. The Kier molecular flexibility index (Phi) is 4.58. The van der Waals surface area contributed by atoms with E-state index in [9.17, 15) is 0 Å². The minimum atomic E-state index is 0.117. The Hall–Kier alpha value is -0.910. The van der Waals surface area contributed by atoms with Gasteiger partial charge in [0.2, 0.25) is 0 Å². The van der Waals surface area contributed by atoms with Gasteiger partial charge >= 0.3 is 0 Å². The lowest BCUT2D eigenvalue weighted by Crippen LogP contribution is -2.28. The topological polar surface area (TPSA) is 65.1 Å². The average Bonchev–Trinajstić information content (AvgIpc) is 2.60. The van der Waals surface area contributed by atoms with Crippen LogP contribution in [0.5, 0.6) is 0 Å². The molecule has 14 heavy (non-hydrogen) atoms. The third-order valence-electron chi connectivity index (χ3n) is 2.13. The van der Waals surface area contributed by atoms with Gasteiger partial charge in [-0.3, -0.25) is 16.0 Å². The van der Waals surface area contributed by atoms with Crippen molar-refractivity contribution in [1.82, 2.24) is 15.2 Å². The molecule has 3 N–H and O–H groups in total. The molecule has 0 aliphatic carbocycles. The zero-order valence-corrected chi connectivity index (χ0v) is 8.73. The lowest BCUT2D eigenvalue weighted by atomic mass is 10.1. The van der Waals surface area contributed by atoms with Crippen molar-refractivity contribution in [3.8, 4) is 0 Å². The number of methoxy groups -OCH3 is 1. The molecule has 1 rings (SSSR count). The molecule has 1 aromatic rings. The van der Waals surface area contributed by atoms with E-state index in [-0.39, 0.29) is 6.04 Å². The molecule has 80 valence electrons. The lowest BCUT2D eigenvalue weighted by Gasteiger charge is -2.12. The molecule has 1 aromatic heterocycles. The van der Waals surface area contributed by atoms with Crippen molar-refractivity contribution >= 4 is 0 Å². The van der Waals surface area contributed by atoms with E-state index in [0.29, 0.717) is 0 Å². The highest BCUT2D eigenvalue weighted by Crippen LogP contribution is 2.14. The number of rotatable bonds is 6. The molecule has 1 atom stereocenters. The second kappa shape index (κ2) is 5.74. The molecule has 0 aliphatic heterocycles. The highest BCUT2D eigenvalue weighted by Gasteiger charge is 2.11. The van der Waals surface area contributed by atoms with Gasteiger partial charge in [-0.25, -0.2) is 0 Å². The van der Waals surface area contributed by atoms with E-state index in [1.54, 1.807) is 11.8 Å². The van der Waals surface area contributed by atoms with Gasteiger partial charge in [0.15, 0.2) is 0 Å². The van der Waals surface area contributed by atoms with E-state index in [0.717, 1.165) is 25.1 Å². The molecule has 0 bridgehead atoms. The molecule has 0 fully saturated rings. The number of nitrogens with one attached hydrogen (secondary N) is 1. The van der Waals surface area contributed by atoms with E-state index in [2.05, 4.69) is 10.5 Å². The van der Waals surface area contributed by atoms with Gasteiger partial charge in [0.25, 0.3) is 0 Å². The molecule has 0 radical (unpaired) electrons. The third kappa shape index (κ3) is 3.10. The molecular weight excluding hydrogens is 180 g/mol. The number of nitrogens with zero attached hydrogens (tertiary/aromatic N) is 2. The second-order valence-electron chi connectivity index (χ2n) is 3.27. The fourth-order valence-electron chi connectivity index (χ4n) is 1.37. The minimum absolute atomic E-state index is 0.117. The van der Waals surface area contributed by atoms with Crippen molar-refractivity contribution < 1.29 is 4.74 Å². The number of aryl methyl sites for hydroxylation is 1. The first-order valence-corrected chi connectivity index (χ1v) is 4.72. The van der Waals surface area contributed by atoms with Gasteiger partial charge < -0.3 is 4.74 Å². The summed E-state index contributed by atoms with van der Waals surface area (Å²) in [5.74, 6) is 5.46. The normalized spacial score (nSPS) is 13.1. The maximum atomic E-state index is 5.46. The summed E-state index contributed by atoms with van der Waals surface area (Å²) in [6.07, 6.45) is 3.82. The Morgan fingerprint density at radius 2 is 2.50 bits per heavy atom. The first-order chi connectivity index (χ1) is 6.77. The summed E-state index contributed by atoms with van der Waals surface area (Å²) in [7, 11) is 3.60. The zero-order valence-electron chi connectivity index (χ0n) is 8.73. The SMILES string of the molecule is COCCCC(NN)c1ccn(C)n1. The lowest BCUT2D eigenvalue weighted by molar-refractivity contribution is 0.188. The highest BCUT2D eigenvalue weighted by molar-refractivity contribution is 5.04. The van der Waals surface area contributed by atoms with Crippen LogP contribution in [0.15, 0.2) is 12.3 Å². The molecule has 0 saturated heterocycles. The predicted octanol–water partition coefficient (Wildman–Crippen LogP) is 0.351. The number of hydrogen-bond acceptors (Lipinski definition) is 4. The van der Waals surface area contributed by atoms with Gasteiger partial charge in [-0.1, -0.05) is 0 Å². The van der Waals surface area contributed by atoms with Crippen molar-refractivity contribution in [3.05, 3.63) is 18.0 Å². The van der Waals surface area contributed by atoms with Crippen molar-refractivity contribution in [3.63, 3.8) is 0 Å². The molecule has 1 unspecified atom stereocenters. The summed E-state index contributed by atoms with van der Waals surface area (Å²) in [4.78, 5) is 0. The Balaban J connectivity index is 2.45. The summed E-state index contributed by atoms with van der Waals surface area (Å²) in [5, 5.41) is 4.29. The standard InChI is InChI=1S/C9H18N4O/c1-13-6-5-9(12-13)8(11-10)4-3-7-14-2/h5-6,8,11H,3-4,7,10H2,1-2H3. The van der Waals surface area contributed by atoms with Crippen LogP contribution in [0.25, 0.3) is 0 Å². The van der Waals surface area contributed by atoms with Gasteiger partial charge in [-0.05, 0) is 18.9 Å². The average molecular weight is 198 g/mol. The van der Waals surface area contributed by atoms with Crippen LogP contribution in [-0.4, -0.2) is 23.5 Å². The van der Waals surface area contributed by atoms with Crippen molar-refractivity contribution in [2.75, 3.05) is 13.7 Å². The predicted molar refractivity (Wildman–Crippen MR) is 54.4 cm³/mol. The van der Waals surface area contributed by atoms with Gasteiger partial charge in [-0.15, -0.1) is 0 Å². The summed E-state index contributed by atoms with van der Waals surface area (Å²) >= 11 is 0. The van der Waals surface area contributed by atoms with E-state index in [4.69, 9.17) is 10.6 Å². The van der Waals surface area contributed by atoms with Gasteiger partial charge in [0.05, 0.1) is 11.7 Å². The zero-order chi connectivity index (χ0) is 10.4. The highest BCUT2D eigenvalue weighted by atomic mass is 16.5. The Bertz CT molecular complexity index is 261. The van der Waals surface area contributed by atoms with Gasteiger partial charge in [0, 0.05) is 27.0 Å². The van der Waals surface area contributed by atoms with Crippen LogP contribution >= 0.6 is 0 Å². The van der Waals surface area contributed by atoms with E-state index in [1.807, 2.05) is 19.3 Å². The third-order valence-corrected chi connectivity index (χ3v) is 2.13. The van der Waals surface area contributed by atoms with E-state index >= 15 is 0 Å². The second-order valence-corrected chi connectivity index (χ2v) is 3.27.